The van der Waals surface area contributed by atoms with Gasteiger partial charge >= 0.3 is 6.03 Å². The number of aromatic nitrogens is 3. The van der Waals surface area contributed by atoms with Crippen LogP contribution in [0.15, 0.2) is 47.2 Å². The summed E-state index contributed by atoms with van der Waals surface area (Å²) in [6.45, 7) is 3.13. The normalized spacial score (nSPS) is 11.8. The van der Waals surface area contributed by atoms with E-state index in [0.29, 0.717) is 16.9 Å². The van der Waals surface area contributed by atoms with Crippen molar-refractivity contribution < 1.29 is 17.7 Å². The lowest BCUT2D eigenvalue weighted by Crippen LogP contribution is -2.29. The molecule has 2 heterocycles. The molecule has 10 nitrogen and oxygen atoms in total. The average Bonchev–Trinajstić information content (AvgIpc) is 3.13. The van der Waals surface area contributed by atoms with Crippen molar-refractivity contribution in [3.63, 3.8) is 0 Å². The minimum Gasteiger partial charge on any atom is -0.384 e. The Hall–Kier alpha value is -3.47. The number of nitrogens with one attached hydrogen (secondary N) is 2. The van der Waals surface area contributed by atoms with Crippen molar-refractivity contribution in [2.45, 2.75) is 18.6 Å². The molecule has 0 fully saturated rings. The van der Waals surface area contributed by atoms with E-state index in [1.807, 2.05) is 0 Å². The molecule has 0 saturated carbocycles. The monoisotopic (exact) mass is 416 g/mol. The van der Waals surface area contributed by atoms with Crippen molar-refractivity contribution in [1.29, 1.82) is 0 Å². The second kappa shape index (κ2) is 7.51. The zero-order chi connectivity index (χ0) is 21.2. The molecule has 0 radical (unpaired) electrons. The van der Waals surface area contributed by atoms with E-state index in [0.717, 1.165) is 6.26 Å². The summed E-state index contributed by atoms with van der Waals surface area (Å²) in [6, 6.07) is 9.18. The second-order valence-electron chi connectivity index (χ2n) is 6.83. The van der Waals surface area contributed by atoms with Gasteiger partial charge < -0.3 is 15.6 Å². The molecule has 1 aromatic carbocycles. The smallest absolute Gasteiger partial charge is 0.324 e. The number of carbonyl (C=O) groups excluding carboxylic acids is 1. The van der Waals surface area contributed by atoms with E-state index in [2.05, 4.69) is 30.3 Å². The van der Waals surface area contributed by atoms with Gasteiger partial charge in [-0.3, -0.25) is 5.32 Å². The summed E-state index contributed by atoms with van der Waals surface area (Å²) in [7, 11) is -3.43. The Labute approximate surface area is 167 Å². The van der Waals surface area contributed by atoms with Crippen molar-refractivity contribution in [3.05, 3.63) is 48.4 Å². The zero-order valence-corrected chi connectivity index (χ0v) is 16.8. The van der Waals surface area contributed by atoms with Crippen LogP contribution in [0.3, 0.4) is 0 Å². The lowest BCUT2D eigenvalue weighted by molar-refractivity contribution is 0.262. The standard InChI is InChI=1S/C18H20N6O4S/c1-18(2,29(3,26)27)13-10-14(19)22-16(21-13)11-4-6-12(7-5-11)20-17(25)23-15-8-9-28-24-15/h4-10H,1-3H3,(H2,19,21,22)(H2,20,23,24,25). The maximum Gasteiger partial charge on any atom is 0.324 e. The first kappa shape index (κ1) is 20.3. The Morgan fingerprint density at radius 1 is 1.10 bits per heavy atom. The highest BCUT2D eigenvalue weighted by atomic mass is 32.2. The van der Waals surface area contributed by atoms with Crippen molar-refractivity contribution in [2.24, 2.45) is 0 Å². The molecule has 11 heteroatoms. The van der Waals surface area contributed by atoms with Crippen molar-refractivity contribution >= 4 is 33.2 Å². The molecule has 0 atom stereocenters. The summed E-state index contributed by atoms with van der Waals surface area (Å²) in [5.41, 5.74) is 7.31. The highest BCUT2D eigenvalue weighted by molar-refractivity contribution is 7.91. The van der Waals surface area contributed by atoms with Crippen LogP contribution in [0.1, 0.15) is 19.5 Å². The van der Waals surface area contributed by atoms with Gasteiger partial charge in [-0.1, -0.05) is 5.16 Å². The zero-order valence-electron chi connectivity index (χ0n) is 16.0. The molecule has 2 amide bonds. The van der Waals surface area contributed by atoms with Crippen molar-refractivity contribution in [3.8, 4) is 11.4 Å². The van der Waals surface area contributed by atoms with Gasteiger partial charge in [-0.25, -0.2) is 23.2 Å². The lowest BCUT2D eigenvalue weighted by atomic mass is 10.1. The van der Waals surface area contributed by atoms with E-state index >= 15 is 0 Å². The van der Waals surface area contributed by atoms with E-state index in [1.165, 1.54) is 18.4 Å². The Morgan fingerprint density at radius 3 is 2.38 bits per heavy atom. The topological polar surface area (TPSA) is 153 Å². The molecule has 0 saturated heterocycles. The highest BCUT2D eigenvalue weighted by Crippen LogP contribution is 2.30. The summed E-state index contributed by atoms with van der Waals surface area (Å²) in [6.07, 6.45) is 2.49. The Balaban J connectivity index is 1.82. The van der Waals surface area contributed by atoms with Gasteiger partial charge in [-0.2, -0.15) is 0 Å². The molecule has 0 spiro atoms. The molecule has 3 rings (SSSR count). The molecule has 4 N–H and O–H groups in total. The molecule has 152 valence electrons. The first-order chi connectivity index (χ1) is 13.6. The molecular weight excluding hydrogens is 396 g/mol. The summed E-state index contributed by atoms with van der Waals surface area (Å²) >= 11 is 0. The van der Waals surface area contributed by atoms with Gasteiger partial charge in [0.25, 0.3) is 0 Å². The first-order valence-corrected chi connectivity index (χ1v) is 10.4. The molecule has 2 aromatic heterocycles. The predicted octanol–water partition coefficient (Wildman–Crippen LogP) is 2.64. The van der Waals surface area contributed by atoms with Crippen molar-refractivity contribution in [2.75, 3.05) is 22.6 Å². The Morgan fingerprint density at radius 2 is 1.79 bits per heavy atom. The number of nitrogens with zero attached hydrogens (tertiary/aromatic N) is 3. The number of rotatable bonds is 5. The van der Waals surface area contributed by atoms with E-state index in [9.17, 15) is 13.2 Å². The minimum absolute atomic E-state index is 0.163. The molecular formula is C18H20N6O4S. The third-order valence-corrected chi connectivity index (χ3v) is 6.43. The van der Waals surface area contributed by atoms with Crippen LogP contribution >= 0.6 is 0 Å². The molecule has 0 bridgehead atoms. The van der Waals surface area contributed by atoms with Crippen LogP contribution in [0.25, 0.3) is 11.4 Å². The summed E-state index contributed by atoms with van der Waals surface area (Å²) in [5, 5.41) is 8.75. The van der Waals surface area contributed by atoms with Crippen molar-refractivity contribution in [1.82, 2.24) is 15.1 Å². The quantitative estimate of drug-likeness (QED) is 0.574. The third-order valence-electron chi connectivity index (χ3n) is 4.37. The van der Waals surface area contributed by atoms with Gasteiger partial charge in [-0.15, -0.1) is 0 Å². The number of urea groups is 1. The van der Waals surface area contributed by atoms with Crippen LogP contribution in [0.4, 0.5) is 22.1 Å². The van der Waals surface area contributed by atoms with E-state index in [1.54, 1.807) is 38.1 Å². The molecule has 29 heavy (non-hydrogen) atoms. The first-order valence-electron chi connectivity index (χ1n) is 8.50. The number of sulfone groups is 1. The van der Waals surface area contributed by atoms with Crippen LogP contribution in [-0.4, -0.2) is 35.8 Å². The van der Waals surface area contributed by atoms with Gasteiger partial charge in [-0.05, 0) is 38.1 Å². The molecule has 0 aliphatic carbocycles. The van der Waals surface area contributed by atoms with Gasteiger partial charge in [0.05, 0.1) is 5.69 Å². The average molecular weight is 416 g/mol. The number of anilines is 3. The number of amides is 2. The van der Waals surface area contributed by atoms with Gasteiger partial charge in [0.15, 0.2) is 21.5 Å². The fourth-order valence-electron chi connectivity index (χ4n) is 2.35. The predicted molar refractivity (Wildman–Crippen MR) is 109 cm³/mol. The van der Waals surface area contributed by atoms with Crippen LogP contribution < -0.4 is 16.4 Å². The SMILES string of the molecule is CC(C)(c1cc(N)nc(-c2ccc(NC(=O)Nc3ccon3)cc2)n1)S(C)(=O)=O. The van der Waals surface area contributed by atoms with Gasteiger partial charge in [0.1, 0.15) is 16.8 Å². The molecule has 3 aromatic rings. The second-order valence-corrected chi connectivity index (χ2v) is 9.39. The maximum absolute atomic E-state index is 12.1. The number of hydrogen-bond donors (Lipinski definition) is 3. The van der Waals surface area contributed by atoms with Crippen LogP contribution in [-0.2, 0) is 14.6 Å². The molecule has 0 unspecified atom stereocenters. The molecule has 0 aliphatic heterocycles. The third kappa shape index (κ3) is 4.51. The summed E-state index contributed by atoms with van der Waals surface area (Å²) < 4.78 is 27.6. The minimum atomic E-state index is -3.43. The number of nitrogen functional groups attached to an aromatic ring is 1. The fraction of sp³-hybridized carbons (Fsp3) is 0.222. The van der Waals surface area contributed by atoms with E-state index < -0.39 is 20.6 Å². The van der Waals surface area contributed by atoms with E-state index in [4.69, 9.17) is 5.73 Å². The van der Waals surface area contributed by atoms with Gasteiger partial charge in [0, 0.05) is 29.6 Å². The largest absolute Gasteiger partial charge is 0.384 e. The van der Waals surface area contributed by atoms with Crippen LogP contribution in [0.5, 0.6) is 0 Å². The van der Waals surface area contributed by atoms with Gasteiger partial charge in [0.2, 0.25) is 0 Å². The van der Waals surface area contributed by atoms with Crippen LogP contribution in [0.2, 0.25) is 0 Å². The number of benzene rings is 1. The highest BCUT2D eigenvalue weighted by Gasteiger charge is 2.34. The summed E-state index contributed by atoms with van der Waals surface area (Å²) in [5.74, 6) is 0.736. The molecule has 0 aliphatic rings. The Kier molecular flexibility index (Phi) is 5.25. The number of hydrogen-bond acceptors (Lipinski definition) is 8. The number of carbonyl (C=O) groups is 1. The maximum atomic E-state index is 12.1. The number of nitrogens with two attached hydrogens (primary N) is 1. The van der Waals surface area contributed by atoms with Crippen LogP contribution in [0, 0.1) is 0 Å². The Bertz CT molecular complexity index is 1130. The van der Waals surface area contributed by atoms with E-state index in [-0.39, 0.29) is 17.5 Å². The fourth-order valence-corrected chi connectivity index (χ4v) is 2.84. The summed E-state index contributed by atoms with van der Waals surface area (Å²) in [4.78, 5) is 20.5. The lowest BCUT2D eigenvalue weighted by Gasteiger charge is -2.22.